The molecule has 0 saturated carbocycles. The van der Waals surface area contributed by atoms with Crippen LogP contribution in [0.15, 0.2) is 42.5 Å². The number of aryl methyl sites for hydroxylation is 1. The first-order chi connectivity index (χ1) is 11.9. The molecule has 0 heterocycles. The summed E-state index contributed by atoms with van der Waals surface area (Å²) in [5.74, 6) is -1.13. The van der Waals surface area contributed by atoms with Crippen molar-refractivity contribution in [1.82, 2.24) is 0 Å². The van der Waals surface area contributed by atoms with Crippen LogP contribution in [0.4, 0.5) is 10.1 Å². The number of carbonyl (C=O) groups excluding carboxylic acids is 2. The summed E-state index contributed by atoms with van der Waals surface area (Å²) in [7, 11) is 0. The molecule has 0 aliphatic carbocycles. The van der Waals surface area contributed by atoms with E-state index in [0.29, 0.717) is 5.56 Å². The van der Waals surface area contributed by atoms with Gasteiger partial charge >= 0.3 is 5.97 Å². The molecule has 25 heavy (non-hydrogen) atoms. The predicted octanol–water partition coefficient (Wildman–Crippen LogP) is 3.98. The largest absolute Gasteiger partial charge is 0.455 e. The molecule has 0 saturated heterocycles. The zero-order valence-corrected chi connectivity index (χ0v) is 14.6. The number of ether oxygens (including phenoxy) is 1. The second-order valence-corrected chi connectivity index (χ2v) is 6.21. The van der Waals surface area contributed by atoms with Crippen molar-refractivity contribution in [2.75, 3.05) is 11.9 Å². The van der Waals surface area contributed by atoms with Gasteiger partial charge in [-0.1, -0.05) is 44.2 Å². The van der Waals surface area contributed by atoms with Gasteiger partial charge in [-0.15, -0.1) is 0 Å². The Bertz CT molecular complexity index is 771. The number of benzene rings is 2. The van der Waals surface area contributed by atoms with Crippen molar-refractivity contribution >= 4 is 17.6 Å². The van der Waals surface area contributed by atoms with Crippen molar-refractivity contribution in [3.05, 3.63) is 65.0 Å². The summed E-state index contributed by atoms with van der Waals surface area (Å²) in [6.07, 6.45) is -0.0767. The Morgan fingerprint density at radius 2 is 1.88 bits per heavy atom. The summed E-state index contributed by atoms with van der Waals surface area (Å²) < 4.78 is 18.1. The predicted molar refractivity (Wildman–Crippen MR) is 95.0 cm³/mol. The molecule has 0 aromatic heterocycles. The van der Waals surface area contributed by atoms with Gasteiger partial charge in [0.05, 0.1) is 6.42 Å². The van der Waals surface area contributed by atoms with Crippen LogP contribution in [-0.2, 0) is 20.7 Å². The number of esters is 1. The molecule has 5 heteroatoms. The van der Waals surface area contributed by atoms with E-state index in [1.54, 1.807) is 6.07 Å². The summed E-state index contributed by atoms with van der Waals surface area (Å²) in [6, 6.07) is 11.5. The normalized spacial score (nSPS) is 10.6. The highest BCUT2D eigenvalue weighted by molar-refractivity contribution is 5.94. The fraction of sp³-hybridized carbons (Fsp3) is 0.300. The van der Waals surface area contributed by atoms with E-state index in [4.69, 9.17) is 4.74 Å². The number of amides is 1. The van der Waals surface area contributed by atoms with Gasteiger partial charge in [-0.3, -0.25) is 9.59 Å². The number of anilines is 1. The minimum absolute atomic E-state index is 0.0767. The zero-order valence-electron chi connectivity index (χ0n) is 14.6. The van der Waals surface area contributed by atoms with Crippen molar-refractivity contribution in [2.24, 2.45) is 0 Å². The van der Waals surface area contributed by atoms with Crippen LogP contribution in [0, 0.1) is 12.7 Å². The van der Waals surface area contributed by atoms with Gasteiger partial charge in [-0.05, 0) is 41.7 Å². The third-order valence-electron chi connectivity index (χ3n) is 3.79. The first-order valence-corrected chi connectivity index (χ1v) is 8.16. The summed E-state index contributed by atoms with van der Waals surface area (Å²) in [5, 5.41) is 2.81. The van der Waals surface area contributed by atoms with E-state index in [1.807, 2.05) is 39.0 Å². The molecule has 2 aromatic carbocycles. The van der Waals surface area contributed by atoms with E-state index in [-0.39, 0.29) is 18.9 Å². The summed E-state index contributed by atoms with van der Waals surface area (Å²) in [5.41, 5.74) is 3.24. The van der Waals surface area contributed by atoms with Crippen molar-refractivity contribution < 1.29 is 18.7 Å². The van der Waals surface area contributed by atoms with Crippen LogP contribution < -0.4 is 5.32 Å². The van der Waals surface area contributed by atoms with E-state index in [9.17, 15) is 14.0 Å². The van der Waals surface area contributed by atoms with Gasteiger partial charge in [-0.2, -0.15) is 0 Å². The molecule has 0 radical (unpaired) electrons. The van der Waals surface area contributed by atoms with Crippen LogP contribution in [-0.4, -0.2) is 18.5 Å². The van der Waals surface area contributed by atoms with Gasteiger partial charge < -0.3 is 10.1 Å². The smallest absolute Gasteiger partial charge is 0.310 e. The van der Waals surface area contributed by atoms with E-state index >= 15 is 0 Å². The Hall–Kier alpha value is -2.69. The van der Waals surface area contributed by atoms with Crippen molar-refractivity contribution in [1.29, 1.82) is 0 Å². The van der Waals surface area contributed by atoms with Gasteiger partial charge in [0.25, 0.3) is 5.91 Å². The molecular weight excluding hydrogens is 321 g/mol. The molecule has 0 spiro atoms. The molecule has 2 aromatic rings. The number of carbonyl (C=O) groups is 2. The van der Waals surface area contributed by atoms with Gasteiger partial charge in [0, 0.05) is 5.69 Å². The molecule has 0 bridgehead atoms. The van der Waals surface area contributed by atoms with Gasteiger partial charge in [0.2, 0.25) is 0 Å². The number of rotatable bonds is 6. The van der Waals surface area contributed by atoms with Gasteiger partial charge in [-0.25, -0.2) is 4.39 Å². The third kappa shape index (κ3) is 5.41. The summed E-state index contributed by atoms with van der Waals surface area (Å²) in [4.78, 5) is 23.9. The highest BCUT2D eigenvalue weighted by atomic mass is 19.1. The first-order valence-electron chi connectivity index (χ1n) is 8.16. The Kier molecular flexibility index (Phi) is 6.28. The molecule has 0 aliphatic heterocycles. The van der Waals surface area contributed by atoms with Gasteiger partial charge in [0.1, 0.15) is 5.82 Å². The maximum absolute atomic E-state index is 13.1. The third-order valence-corrected chi connectivity index (χ3v) is 3.79. The average Bonchev–Trinajstić information content (AvgIpc) is 2.54. The molecule has 1 amide bonds. The minimum atomic E-state index is -0.574. The number of hydrogen-bond donors (Lipinski definition) is 1. The molecule has 0 atom stereocenters. The van der Waals surface area contributed by atoms with Crippen LogP contribution in [0.1, 0.15) is 36.5 Å². The highest BCUT2D eigenvalue weighted by Crippen LogP contribution is 2.27. The SMILES string of the molecule is Cc1cccc(C(C)C)c1NC(=O)COC(=O)Cc1cccc(F)c1. The lowest BCUT2D eigenvalue weighted by Gasteiger charge is -2.16. The fourth-order valence-electron chi connectivity index (χ4n) is 2.53. The van der Waals surface area contributed by atoms with Crippen LogP contribution in [0.3, 0.4) is 0 Å². The van der Waals surface area contributed by atoms with Crippen molar-refractivity contribution in [2.45, 2.75) is 33.1 Å². The molecule has 0 fully saturated rings. The Morgan fingerprint density at radius 3 is 2.56 bits per heavy atom. The van der Waals surface area contributed by atoms with E-state index in [2.05, 4.69) is 5.32 Å². The average molecular weight is 343 g/mol. The van der Waals surface area contributed by atoms with Crippen LogP contribution in [0.2, 0.25) is 0 Å². The van der Waals surface area contributed by atoms with E-state index in [1.165, 1.54) is 18.2 Å². The molecular formula is C20H22FNO3. The van der Waals surface area contributed by atoms with Gasteiger partial charge in [0.15, 0.2) is 6.61 Å². The highest BCUT2D eigenvalue weighted by Gasteiger charge is 2.14. The molecule has 1 N–H and O–H groups in total. The number of hydrogen-bond acceptors (Lipinski definition) is 3. The molecule has 132 valence electrons. The lowest BCUT2D eigenvalue weighted by Crippen LogP contribution is -2.22. The lowest BCUT2D eigenvalue weighted by molar-refractivity contribution is -0.146. The topological polar surface area (TPSA) is 55.4 Å². The minimum Gasteiger partial charge on any atom is -0.455 e. The Labute approximate surface area is 147 Å². The van der Waals surface area contributed by atoms with Crippen molar-refractivity contribution in [3.8, 4) is 0 Å². The van der Waals surface area contributed by atoms with Crippen LogP contribution >= 0.6 is 0 Å². The van der Waals surface area contributed by atoms with Crippen LogP contribution in [0.5, 0.6) is 0 Å². The maximum atomic E-state index is 13.1. The Balaban J connectivity index is 1.92. The standard InChI is InChI=1S/C20H22FNO3/c1-13(2)17-9-4-6-14(3)20(17)22-18(23)12-25-19(24)11-15-7-5-8-16(21)10-15/h4-10,13H,11-12H2,1-3H3,(H,22,23). The van der Waals surface area contributed by atoms with Crippen LogP contribution in [0.25, 0.3) is 0 Å². The molecule has 0 unspecified atom stereocenters. The fourth-order valence-corrected chi connectivity index (χ4v) is 2.53. The first kappa shape index (κ1) is 18.6. The van der Waals surface area contributed by atoms with E-state index < -0.39 is 17.7 Å². The monoisotopic (exact) mass is 343 g/mol. The zero-order chi connectivity index (χ0) is 18.4. The second-order valence-electron chi connectivity index (χ2n) is 6.21. The van der Waals surface area contributed by atoms with Crippen molar-refractivity contribution in [3.63, 3.8) is 0 Å². The summed E-state index contributed by atoms with van der Waals surface area (Å²) >= 11 is 0. The molecule has 4 nitrogen and oxygen atoms in total. The molecule has 0 aliphatic rings. The molecule has 2 rings (SSSR count). The summed E-state index contributed by atoms with van der Waals surface area (Å²) in [6.45, 7) is 5.63. The maximum Gasteiger partial charge on any atom is 0.310 e. The Morgan fingerprint density at radius 1 is 1.16 bits per heavy atom. The number of nitrogens with one attached hydrogen (secondary N) is 1. The quantitative estimate of drug-likeness (QED) is 0.807. The number of halogens is 1. The van der Waals surface area contributed by atoms with E-state index in [0.717, 1.165) is 16.8 Å². The second kappa shape index (κ2) is 8.42. The lowest BCUT2D eigenvalue weighted by atomic mass is 9.98. The number of para-hydroxylation sites is 1.